The molecule has 2 aromatic rings. The van der Waals surface area contributed by atoms with Crippen LogP contribution in [0.3, 0.4) is 0 Å². The Balaban J connectivity index is 2.07. The van der Waals surface area contributed by atoms with Gasteiger partial charge in [-0.25, -0.2) is 19.6 Å². The minimum atomic E-state index is -0.916. The van der Waals surface area contributed by atoms with Gasteiger partial charge in [-0.05, 0) is 24.7 Å². The molecule has 0 aliphatic carbocycles. The molecule has 44 heavy (non-hydrogen) atoms. The molecule has 0 radical (unpaired) electrons. The molecule has 2 atom stereocenters. The summed E-state index contributed by atoms with van der Waals surface area (Å²) in [6.07, 6.45) is 3.04. The highest BCUT2D eigenvalue weighted by Gasteiger charge is 2.30. The molecule has 0 unspecified atom stereocenters. The van der Waals surface area contributed by atoms with Gasteiger partial charge in [-0.2, -0.15) is 0 Å². The van der Waals surface area contributed by atoms with Gasteiger partial charge in [0.05, 0.1) is 26.9 Å². The van der Waals surface area contributed by atoms with Crippen LogP contribution in [0.1, 0.15) is 82.5 Å². The molecule has 0 spiro atoms. The molecule has 16 heteroatoms. The molecule has 4 N–H and O–H groups in total. The smallest absolute Gasteiger partial charge is 0.328 e. The highest BCUT2D eigenvalue weighted by molar-refractivity contribution is 6.06. The van der Waals surface area contributed by atoms with Crippen LogP contribution in [0.4, 0.5) is 0 Å². The van der Waals surface area contributed by atoms with Crippen LogP contribution in [0.2, 0.25) is 0 Å². The summed E-state index contributed by atoms with van der Waals surface area (Å²) in [5.41, 5.74) is -0.581. The second kappa shape index (κ2) is 16.2. The van der Waals surface area contributed by atoms with E-state index < -0.39 is 47.7 Å². The molecule has 2 heterocycles. The number of likely N-dealkylation sites (N-methyl/N-ethyl adjacent to an activating group) is 2. The standard InChI is InChI=1S/C28H42N8O8/c1-15(2)11-17(27(41)43-7)33-23(37)19-21(31-13-29-19)25(39)35(5)9-10-36(6)26(40)22-20(30-14-32-22)24(38)34-18(12-16(3)4)28(42)44-8/h13-18H,9-12H2,1-8H3,(H,29,31)(H,30,32)(H,33,37)(H,34,38)/t17-,18-/m0/s1. The lowest BCUT2D eigenvalue weighted by Crippen LogP contribution is -2.44. The molecule has 4 amide bonds. The fourth-order valence-corrected chi connectivity index (χ4v) is 4.25. The Morgan fingerprint density at radius 3 is 1.34 bits per heavy atom. The number of carbonyl (C=O) groups excluding carboxylic acids is 6. The van der Waals surface area contributed by atoms with Crippen molar-refractivity contribution in [3.8, 4) is 0 Å². The van der Waals surface area contributed by atoms with Crippen molar-refractivity contribution >= 4 is 35.6 Å². The molecule has 0 aliphatic rings. The van der Waals surface area contributed by atoms with E-state index in [9.17, 15) is 28.8 Å². The Morgan fingerprint density at radius 2 is 1.05 bits per heavy atom. The molecular weight excluding hydrogens is 576 g/mol. The maximum atomic E-state index is 13.2. The lowest BCUT2D eigenvalue weighted by atomic mass is 10.0. The van der Waals surface area contributed by atoms with Gasteiger partial charge in [0, 0.05) is 27.2 Å². The summed E-state index contributed by atoms with van der Waals surface area (Å²) in [6, 6.07) is -1.83. The van der Waals surface area contributed by atoms with Gasteiger partial charge in [-0.1, -0.05) is 27.7 Å². The Kier molecular flexibility index (Phi) is 13.0. The maximum Gasteiger partial charge on any atom is 0.328 e. The number of amides is 4. The predicted molar refractivity (Wildman–Crippen MR) is 157 cm³/mol. The maximum absolute atomic E-state index is 13.2. The summed E-state index contributed by atoms with van der Waals surface area (Å²) in [7, 11) is 5.41. The predicted octanol–water partition coefficient (Wildman–Crippen LogP) is 0.612. The molecule has 0 aromatic carbocycles. The van der Waals surface area contributed by atoms with Crippen LogP contribution >= 0.6 is 0 Å². The van der Waals surface area contributed by atoms with Crippen LogP contribution in [-0.2, 0) is 19.1 Å². The first-order chi connectivity index (χ1) is 20.7. The van der Waals surface area contributed by atoms with E-state index in [1.165, 1.54) is 50.8 Å². The van der Waals surface area contributed by atoms with E-state index in [2.05, 4.69) is 30.6 Å². The molecule has 0 bridgehead atoms. The quantitative estimate of drug-likeness (QED) is 0.204. The first kappa shape index (κ1) is 35.4. The summed E-state index contributed by atoms with van der Waals surface area (Å²) in [5.74, 6) is -3.66. The third-order valence-electron chi connectivity index (χ3n) is 6.60. The number of aromatic nitrogens is 4. The number of methoxy groups -OCH3 is 2. The van der Waals surface area contributed by atoms with Crippen molar-refractivity contribution in [1.29, 1.82) is 0 Å². The Morgan fingerprint density at radius 1 is 0.705 bits per heavy atom. The highest BCUT2D eigenvalue weighted by Crippen LogP contribution is 2.13. The molecule has 0 fully saturated rings. The third-order valence-corrected chi connectivity index (χ3v) is 6.60. The average Bonchev–Trinajstić information content (AvgIpc) is 3.67. The van der Waals surface area contributed by atoms with Crippen LogP contribution in [0.25, 0.3) is 0 Å². The Hall–Kier alpha value is -4.76. The molecule has 2 aromatic heterocycles. The number of esters is 2. The van der Waals surface area contributed by atoms with Crippen molar-refractivity contribution in [2.75, 3.05) is 41.4 Å². The number of imidazole rings is 2. The van der Waals surface area contributed by atoms with Gasteiger partial charge in [-0.3, -0.25) is 19.2 Å². The van der Waals surface area contributed by atoms with Crippen molar-refractivity contribution in [1.82, 2.24) is 40.4 Å². The van der Waals surface area contributed by atoms with Crippen LogP contribution in [0.5, 0.6) is 0 Å². The zero-order chi connectivity index (χ0) is 33.1. The lowest BCUT2D eigenvalue weighted by molar-refractivity contribution is -0.144. The van der Waals surface area contributed by atoms with E-state index in [0.29, 0.717) is 12.8 Å². The number of rotatable bonds is 15. The number of H-pyrrole nitrogens is 2. The van der Waals surface area contributed by atoms with Gasteiger partial charge in [0.15, 0.2) is 11.4 Å². The number of nitrogens with zero attached hydrogens (tertiary/aromatic N) is 4. The van der Waals surface area contributed by atoms with Crippen LogP contribution in [-0.4, -0.2) is 119 Å². The van der Waals surface area contributed by atoms with Crippen molar-refractivity contribution in [3.05, 3.63) is 35.4 Å². The summed E-state index contributed by atoms with van der Waals surface area (Å²) in [4.78, 5) is 92.3. The van der Waals surface area contributed by atoms with E-state index in [1.807, 2.05) is 27.7 Å². The fourth-order valence-electron chi connectivity index (χ4n) is 4.25. The first-order valence-corrected chi connectivity index (χ1v) is 14.1. The first-order valence-electron chi connectivity index (χ1n) is 14.1. The summed E-state index contributed by atoms with van der Waals surface area (Å²) in [5, 5.41) is 5.15. The van der Waals surface area contributed by atoms with E-state index in [1.54, 1.807) is 0 Å². The molecule has 0 aliphatic heterocycles. The van der Waals surface area contributed by atoms with E-state index >= 15 is 0 Å². The van der Waals surface area contributed by atoms with E-state index in [0.717, 1.165) is 0 Å². The second-order valence-electron chi connectivity index (χ2n) is 11.1. The van der Waals surface area contributed by atoms with Crippen molar-refractivity contribution < 1.29 is 38.2 Å². The summed E-state index contributed by atoms with van der Waals surface area (Å²) in [6.45, 7) is 7.65. The van der Waals surface area contributed by atoms with Crippen LogP contribution in [0.15, 0.2) is 12.7 Å². The minimum Gasteiger partial charge on any atom is -0.467 e. The highest BCUT2D eigenvalue weighted by atomic mass is 16.5. The Labute approximate surface area is 255 Å². The van der Waals surface area contributed by atoms with Crippen molar-refractivity contribution in [2.45, 2.75) is 52.6 Å². The van der Waals surface area contributed by atoms with Crippen molar-refractivity contribution in [3.63, 3.8) is 0 Å². The Bertz CT molecular complexity index is 1230. The minimum absolute atomic E-state index is 0.0494. The molecule has 0 saturated carbocycles. The largest absolute Gasteiger partial charge is 0.467 e. The number of hydrogen-bond acceptors (Lipinski definition) is 10. The zero-order valence-electron chi connectivity index (χ0n) is 26.3. The number of aromatic amines is 2. The third kappa shape index (κ3) is 9.37. The van der Waals surface area contributed by atoms with Gasteiger partial charge < -0.3 is 39.9 Å². The van der Waals surface area contributed by atoms with E-state index in [-0.39, 0.29) is 47.7 Å². The monoisotopic (exact) mass is 618 g/mol. The van der Waals surface area contributed by atoms with Gasteiger partial charge in [-0.15, -0.1) is 0 Å². The molecule has 16 nitrogen and oxygen atoms in total. The molecule has 242 valence electrons. The molecule has 0 saturated heterocycles. The fraction of sp³-hybridized carbons (Fsp3) is 0.571. The topological polar surface area (TPSA) is 209 Å². The van der Waals surface area contributed by atoms with E-state index in [4.69, 9.17) is 9.47 Å². The van der Waals surface area contributed by atoms with Crippen LogP contribution in [0, 0.1) is 11.8 Å². The SMILES string of the molecule is COC(=O)[C@H](CC(C)C)NC(=O)c1nc[nH]c1C(=O)N(C)CCN(C)C(=O)c1[nH]cnc1C(=O)N[C@@H](CC(C)C)C(=O)OC. The average molecular weight is 619 g/mol. The number of ether oxygens (including phenoxy) is 2. The normalized spacial score (nSPS) is 12.3. The van der Waals surface area contributed by atoms with Crippen molar-refractivity contribution in [2.24, 2.45) is 11.8 Å². The van der Waals surface area contributed by atoms with Gasteiger partial charge in [0.1, 0.15) is 23.5 Å². The number of carbonyl (C=O) groups is 6. The second-order valence-corrected chi connectivity index (χ2v) is 11.1. The zero-order valence-corrected chi connectivity index (χ0v) is 26.3. The van der Waals surface area contributed by atoms with Gasteiger partial charge >= 0.3 is 11.9 Å². The van der Waals surface area contributed by atoms with Gasteiger partial charge in [0.2, 0.25) is 0 Å². The number of hydrogen-bond donors (Lipinski definition) is 4. The van der Waals surface area contributed by atoms with Gasteiger partial charge in [0.25, 0.3) is 23.6 Å². The summed E-state index contributed by atoms with van der Waals surface area (Å²) >= 11 is 0. The summed E-state index contributed by atoms with van der Waals surface area (Å²) < 4.78 is 9.55. The lowest BCUT2D eigenvalue weighted by Gasteiger charge is -2.22. The molecular formula is C28H42N8O8. The number of nitrogens with one attached hydrogen (secondary N) is 4. The molecule has 2 rings (SSSR count). The van der Waals surface area contributed by atoms with Crippen LogP contribution < -0.4 is 10.6 Å².